The Morgan fingerprint density at radius 1 is 0.694 bits per heavy atom. The first kappa shape index (κ1) is 64.0. The molecule has 0 aliphatic carbocycles. The van der Waals surface area contributed by atoms with E-state index in [9.17, 15) is 19.2 Å². The maximum Gasteiger partial charge on any atom is 0.588 e. The molecule has 0 radical (unpaired) electrons. The van der Waals surface area contributed by atoms with Crippen molar-refractivity contribution in [2.75, 3.05) is 13.2 Å². The summed E-state index contributed by atoms with van der Waals surface area (Å²) in [6.45, 7) is 5.40. The first-order valence-electron chi connectivity index (χ1n) is 24.4. The Balaban J connectivity index is 2.06. The average molecular weight is 1180 g/mol. The van der Waals surface area contributed by atoms with Crippen LogP contribution in [0.2, 0.25) is 0 Å². The first-order chi connectivity index (χ1) is 34.0. The Labute approximate surface area is 459 Å². The molecule has 1 N–H and O–H groups in total. The molecular weight excluding hydrogens is 1110 g/mol. The average Bonchev–Trinajstić information content (AvgIpc) is 3.30. The molecule has 23 heteroatoms. The van der Waals surface area contributed by atoms with E-state index < -0.39 is 101 Å². The van der Waals surface area contributed by atoms with Crippen molar-refractivity contribution in [3.05, 3.63) is 60.7 Å². The number of esters is 2. The van der Waals surface area contributed by atoms with Gasteiger partial charge in [-0.1, -0.05) is 215 Å². The second-order valence-corrected chi connectivity index (χ2v) is 24.5. The zero-order valence-electron chi connectivity index (χ0n) is 41.2. The Morgan fingerprint density at radius 2 is 1.21 bits per heavy atom. The van der Waals surface area contributed by atoms with Gasteiger partial charge in [-0.25, -0.2) is 14.2 Å². The summed E-state index contributed by atoms with van der Waals surface area (Å²) in [5.74, 6) is -1.38. The van der Waals surface area contributed by atoms with Crippen LogP contribution in [0, 0.1) is 0 Å². The van der Waals surface area contributed by atoms with E-state index in [0.29, 0.717) is 19.3 Å². The van der Waals surface area contributed by atoms with Crippen molar-refractivity contribution < 1.29 is 65.7 Å². The number of hydrogen-bond acceptors (Lipinski definition) is 14. The summed E-state index contributed by atoms with van der Waals surface area (Å²) in [5, 5.41) is 2.46. The molecule has 72 heavy (non-hydrogen) atoms. The summed E-state index contributed by atoms with van der Waals surface area (Å²) in [4.78, 5) is 54.2. The first-order valence-corrected chi connectivity index (χ1v) is 28.6. The van der Waals surface area contributed by atoms with Crippen molar-refractivity contribution in [3.63, 3.8) is 0 Å². The number of para-hydroxylation sites is 2. The number of nitrogens with one attached hydrogen (secondary N) is 1. The van der Waals surface area contributed by atoms with Gasteiger partial charge in [0.1, 0.15) is 49.1 Å². The molecule has 6 atom stereocenters. The summed E-state index contributed by atoms with van der Waals surface area (Å²) in [7, 11) is -4.97. The van der Waals surface area contributed by atoms with Gasteiger partial charge in [-0.15, -0.1) is 0 Å². The minimum Gasteiger partial charge on any atom is -0.462 e. The molecule has 3 rings (SSSR count). The number of rotatable bonds is 32. The molecule has 2 aromatic rings. The largest absolute Gasteiger partial charge is 0.588 e. The molecule has 1 amide bonds. The number of phosphoric acid groups is 1. The molecule has 0 saturated carbocycles. The predicted octanol–water partition coefficient (Wildman–Crippen LogP) is 15.3. The molecule has 0 unspecified atom stereocenters. The number of alkyl carbamates (subject to hydrolysis) is 1. The normalized spacial score (nSPS) is 18.8. The smallest absolute Gasteiger partial charge is 0.462 e. The molecule has 0 bridgehead atoms. The monoisotopic (exact) mass is 1170 g/mol. The van der Waals surface area contributed by atoms with Crippen molar-refractivity contribution in [2.24, 2.45) is 0 Å². The van der Waals surface area contributed by atoms with Gasteiger partial charge in [0.15, 0.2) is 17.3 Å². The van der Waals surface area contributed by atoms with Crippen molar-refractivity contribution in [1.82, 2.24) is 5.32 Å². The zero-order chi connectivity index (χ0) is 53.2. The van der Waals surface area contributed by atoms with Crippen molar-refractivity contribution in [1.29, 1.82) is 0 Å². The van der Waals surface area contributed by atoms with E-state index >= 15 is 4.57 Å². The van der Waals surface area contributed by atoms with E-state index in [4.69, 9.17) is 123 Å². The van der Waals surface area contributed by atoms with Gasteiger partial charge >= 0.3 is 32.0 Å². The highest BCUT2D eigenvalue weighted by Gasteiger charge is 2.54. The van der Waals surface area contributed by atoms with E-state index in [2.05, 4.69) is 19.2 Å². The Bertz CT molecular complexity index is 1900. The Morgan fingerprint density at radius 3 is 1.72 bits per heavy atom. The molecule has 2 aromatic carbocycles. The fourth-order valence-electron chi connectivity index (χ4n) is 7.21. The number of carbonyl (C=O) groups excluding carboxylic acids is 4. The molecule has 15 nitrogen and oxygen atoms in total. The van der Waals surface area contributed by atoms with Crippen molar-refractivity contribution in [2.45, 2.75) is 192 Å². The van der Waals surface area contributed by atoms with Crippen LogP contribution in [0.4, 0.5) is 9.59 Å². The van der Waals surface area contributed by atoms with E-state index in [-0.39, 0.29) is 17.9 Å². The number of benzene rings is 2. The van der Waals surface area contributed by atoms with Crippen LogP contribution in [0.5, 0.6) is 11.5 Å². The summed E-state index contributed by atoms with van der Waals surface area (Å²) < 4.78 is 63.1. The van der Waals surface area contributed by atoms with Crippen LogP contribution in [0.3, 0.4) is 0 Å². The minimum atomic E-state index is -4.97. The maximum atomic E-state index is 15.1. The van der Waals surface area contributed by atoms with Crippen molar-refractivity contribution in [3.8, 4) is 11.5 Å². The molecule has 0 aromatic heterocycles. The second-order valence-electron chi connectivity index (χ2n) is 17.8. The van der Waals surface area contributed by atoms with E-state index in [1.165, 1.54) is 51.0 Å². The van der Waals surface area contributed by atoms with Gasteiger partial charge in [0.05, 0.1) is 6.42 Å². The van der Waals surface area contributed by atoms with Gasteiger partial charge in [-0.2, -0.15) is 0 Å². The quantitative estimate of drug-likeness (QED) is 0.0240. The zero-order valence-corrected chi connectivity index (χ0v) is 47.4. The van der Waals surface area contributed by atoms with E-state index in [0.717, 1.165) is 70.6 Å². The minimum absolute atomic E-state index is 0.0228. The summed E-state index contributed by atoms with van der Waals surface area (Å²) in [6, 6.07) is 14.1. The van der Waals surface area contributed by atoms with Crippen LogP contribution in [0.15, 0.2) is 60.7 Å². The Kier molecular flexibility index (Phi) is 29.3. The Hall–Kier alpha value is -2.30. The van der Waals surface area contributed by atoms with Gasteiger partial charge < -0.3 is 42.8 Å². The lowest BCUT2D eigenvalue weighted by atomic mass is 9.97. The third-order valence-electron chi connectivity index (χ3n) is 11.2. The number of amides is 1. The van der Waals surface area contributed by atoms with Crippen LogP contribution in [0.25, 0.3) is 0 Å². The third-order valence-corrected chi connectivity index (χ3v) is 14.6. The van der Waals surface area contributed by atoms with Crippen LogP contribution < -0.4 is 14.4 Å². The number of ether oxygens (including phenoxy) is 6. The standard InChI is InChI=1S/C49H69Cl7NO14P/c1-5-7-9-11-13-14-15-16-20-30-37(65-39(58)31-25-17-12-10-8-6-2)32-40(59)67-43-41(57-45(60)64-34-48(51,52)53)44(50)66-38(33-63-46(61)68-47(3,4)49(54,55)56)42(43)71-72(62,69-35-26-21-18-22-27-35)70-36-28-23-19-24-29-36/h18-19,21-24,26-29,37-38,41-44H,5-17,20,25,30-34H2,1-4H3,(H,57,60)/t37-,38-,41-,42-,43-,44+/m1/s1. The van der Waals surface area contributed by atoms with Crippen LogP contribution >= 0.6 is 89.0 Å². The number of unbranched alkanes of at least 4 members (excludes halogenated alkanes) is 13. The topological polar surface area (TPSA) is 180 Å². The van der Waals surface area contributed by atoms with Crippen LogP contribution in [-0.4, -0.2) is 86.6 Å². The summed E-state index contributed by atoms with van der Waals surface area (Å²) >= 11 is 42.6. The molecule has 408 valence electrons. The fraction of sp³-hybridized carbons (Fsp3) is 0.673. The van der Waals surface area contributed by atoms with Crippen LogP contribution in [-0.2, 0) is 47.1 Å². The van der Waals surface area contributed by atoms with Gasteiger partial charge in [0.25, 0.3) is 0 Å². The molecule has 0 spiro atoms. The molecule has 1 fully saturated rings. The number of hydrogen-bond donors (Lipinski definition) is 1. The van der Waals surface area contributed by atoms with Gasteiger partial charge in [0, 0.05) is 6.42 Å². The van der Waals surface area contributed by atoms with Crippen LogP contribution in [0.1, 0.15) is 143 Å². The van der Waals surface area contributed by atoms with Gasteiger partial charge in [0.2, 0.25) is 7.59 Å². The molecule has 1 aliphatic rings. The maximum absolute atomic E-state index is 15.1. The number of alkyl halides is 7. The summed E-state index contributed by atoms with van der Waals surface area (Å²) in [5.41, 5.74) is -3.37. The predicted molar refractivity (Wildman–Crippen MR) is 281 cm³/mol. The molecule has 1 heterocycles. The molecule has 1 aliphatic heterocycles. The SMILES string of the molecule is CCCCCCCCCCC[C@H](CC(=O)O[C@@H]1[C@@H](NC(=O)OCC(Cl)(Cl)Cl)[C@@H](Cl)O[C@H](COC(=O)OC(C)(C)C(Cl)(Cl)Cl)[C@H]1OP(=O)(Oc1ccccc1)Oc1ccccc1)OC(=O)CCCCCCCC. The van der Waals surface area contributed by atoms with E-state index in [1.54, 1.807) is 36.4 Å². The lowest BCUT2D eigenvalue weighted by molar-refractivity contribution is -0.196. The van der Waals surface area contributed by atoms with Crippen molar-refractivity contribution >= 4 is 113 Å². The van der Waals surface area contributed by atoms with Gasteiger partial charge in [-0.05, 0) is 57.4 Å². The third kappa shape index (κ3) is 25.5. The fourth-order valence-corrected chi connectivity index (χ4v) is 9.27. The second kappa shape index (κ2) is 33.0. The van der Waals surface area contributed by atoms with Gasteiger partial charge in [-0.3, -0.25) is 14.1 Å². The highest BCUT2D eigenvalue weighted by Crippen LogP contribution is 2.53. The van der Waals surface area contributed by atoms with E-state index in [1.807, 2.05) is 0 Å². The highest BCUT2D eigenvalue weighted by molar-refractivity contribution is 7.49. The number of halogens is 7. The molecular formula is C49H69Cl7NO14P. The highest BCUT2D eigenvalue weighted by atomic mass is 35.6. The number of carbonyl (C=O) groups is 4. The molecule has 1 saturated heterocycles. The summed E-state index contributed by atoms with van der Waals surface area (Å²) in [6.07, 6.45) is 6.29. The lowest BCUT2D eigenvalue weighted by Crippen LogP contribution is -2.65. The lowest BCUT2D eigenvalue weighted by Gasteiger charge is -2.44. The number of phosphoric ester groups is 1.